The van der Waals surface area contributed by atoms with Crippen molar-refractivity contribution in [3.63, 3.8) is 0 Å². The molecule has 2 saturated heterocycles. The second-order valence-electron chi connectivity index (χ2n) is 11.1. The number of aliphatic carboxylic acids is 1. The summed E-state index contributed by atoms with van der Waals surface area (Å²) in [5, 5.41) is 9.68. The van der Waals surface area contributed by atoms with Crippen LogP contribution in [0.1, 0.15) is 53.7 Å². The van der Waals surface area contributed by atoms with Crippen molar-refractivity contribution in [2.24, 2.45) is 0 Å². The molecular formula is C33H33ClN4O3. The minimum atomic E-state index is -0.801. The topological polar surface area (TPSA) is 86.6 Å². The minimum absolute atomic E-state index is 0.0368. The van der Waals surface area contributed by atoms with E-state index in [-0.39, 0.29) is 12.3 Å². The lowest BCUT2D eigenvalue weighted by Crippen LogP contribution is -2.54. The predicted molar refractivity (Wildman–Crippen MR) is 160 cm³/mol. The molecule has 1 aromatic heterocycles. The zero-order chi connectivity index (χ0) is 28.3. The third kappa shape index (κ3) is 6.11. The Labute approximate surface area is 244 Å². The molecule has 210 valence electrons. The van der Waals surface area contributed by atoms with Gasteiger partial charge in [-0.05, 0) is 68.0 Å². The maximum Gasteiger partial charge on any atom is 0.303 e. The van der Waals surface area contributed by atoms with Gasteiger partial charge < -0.3 is 10.0 Å². The van der Waals surface area contributed by atoms with E-state index in [9.17, 15) is 9.59 Å². The number of nitrogens with zero attached hydrogens (tertiary/aromatic N) is 4. The Balaban J connectivity index is 1.23. The number of carbonyl (C=O) groups is 2. The van der Waals surface area contributed by atoms with Crippen molar-refractivity contribution in [1.82, 2.24) is 19.8 Å². The van der Waals surface area contributed by atoms with Crippen LogP contribution in [0.3, 0.4) is 0 Å². The number of fused-ring (bicyclic) bond motifs is 3. The van der Waals surface area contributed by atoms with E-state index in [0.29, 0.717) is 53.0 Å². The fraction of sp³-hybridized carbons (Fsp3) is 0.333. The van der Waals surface area contributed by atoms with Crippen molar-refractivity contribution in [3.8, 4) is 11.3 Å². The van der Waals surface area contributed by atoms with E-state index in [1.54, 1.807) is 0 Å². The molecule has 1 N–H and O–H groups in total. The normalized spacial score (nSPS) is 18.6. The minimum Gasteiger partial charge on any atom is -0.481 e. The van der Waals surface area contributed by atoms with Crippen molar-refractivity contribution in [3.05, 3.63) is 94.6 Å². The van der Waals surface area contributed by atoms with Gasteiger partial charge in [-0.1, -0.05) is 54.1 Å². The van der Waals surface area contributed by atoms with Gasteiger partial charge >= 0.3 is 5.97 Å². The molecule has 1 amide bonds. The Hall–Kier alpha value is -3.81. The van der Waals surface area contributed by atoms with E-state index in [1.165, 1.54) is 5.56 Å². The zero-order valence-electron chi connectivity index (χ0n) is 22.9. The molecule has 2 aliphatic rings. The number of benzene rings is 3. The molecule has 41 heavy (non-hydrogen) atoms. The van der Waals surface area contributed by atoms with Crippen molar-refractivity contribution < 1.29 is 14.7 Å². The van der Waals surface area contributed by atoms with Crippen LogP contribution in [0.4, 0.5) is 0 Å². The first kappa shape index (κ1) is 27.4. The van der Waals surface area contributed by atoms with Crippen LogP contribution in [-0.4, -0.2) is 61.9 Å². The van der Waals surface area contributed by atoms with Gasteiger partial charge in [0.25, 0.3) is 5.91 Å². The van der Waals surface area contributed by atoms with Crippen molar-refractivity contribution in [2.45, 2.75) is 57.2 Å². The summed E-state index contributed by atoms with van der Waals surface area (Å²) >= 11 is 6.11. The van der Waals surface area contributed by atoms with E-state index < -0.39 is 5.97 Å². The quantitative estimate of drug-likeness (QED) is 0.241. The molecule has 2 bridgehead atoms. The highest BCUT2D eigenvalue weighted by Crippen LogP contribution is 2.33. The summed E-state index contributed by atoms with van der Waals surface area (Å²) in [6.45, 7) is 2.39. The maximum atomic E-state index is 13.7. The molecule has 0 spiro atoms. The summed E-state index contributed by atoms with van der Waals surface area (Å²) in [5.41, 5.74) is 5.78. The highest BCUT2D eigenvalue weighted by molar-refractivity contribution is 6.30. The maximum absolute atomic E-state index is 13.7. The molecule has 8 heteroatoms. The number of unbranched alkanes of at least 4 members (excludes halogenated alkanes) is 1. The number of aryl methyl sites for hydroxylation is 1. The highest BCUT2D eigenvalue weighted by Gasteiger charge is 2.41. The number of amides is 1. The summed E-state index contributed by atoms with van der Waals surface area (Å²) in [4.78, 5) is 39.2. The molecule has 0 radical (unpaired) electrons. The Morgan fingerprint density at radius 3 is 2.32 bits per heavy atom. The van der Waals surface area contributed by atoms with Gasteiger partial charge in [0.2, 0.25) is 0 Å². The van der Waals surface area contributed by atoms with Crippen LogP contribution in [0.5, 0.6) is 0 Å². The molecule has 3 aromatic carbocycles. The molecule has 6 rings (SSSR count). The van der Waals surface area contributed by atoms with E-state index in [0.717, 1.165) is 49.4 Å². The van der Waals surface area contributed by atoms with Crippen molar-refractivity contribution in [1.29, 1.82) is 0 Å². The molecule has 2 aliphatic heterocycles. The third-order valence-electron chi connectivity index (χ3n) is 8.28. The number of halogens is 1. The first-order valence-electron chi connectivity index (χ1n) is 14.3. The SMILES string of the molecule is O=C(O)CCCCc1nc2cc(C(=O)N3C[C@H]4CC[C@@H](C3)N4Cc3ccccc3)ccc2nc1-c1ccc(Cl)cc1. The Kier molecular flexibility index (Phi) is 7.99. The largest absolute Gasteiger partial charge is 0.481 e. The Morgan fingerprint density at radius 1 is 0.878 bits per heavy atom. The van der Waals surface area contributed by atoms with Crippen LogP contribution in [0.25, 0.3) is 22.3 Å². The lowest BCUT2D eigenvalue weighted by atomic mass is 10.0. The average Bonchev–Trinajstić information content (AvgIpc) is 3.20. The number of aromatic nitrogens is 2. The van der Waals surface area contributed by atoms with E-state index >= 15 is 0 Å². The van der Waals surface area contributed by atoms with Gasteiger partial charge in [0, 0.05) is 54.3 Å². The van der Waals surface area contributed by atoms with Crippen LogP contribution < -0.4 is 0 Å². The molecule has 3 heterocycles. The van der Waals surface area contributed by atoms with Gasteiger partial charge in [-0.2, -0.15) is 0 Å². The first-order chi connectivity index (χ1) is 19.9. The number of piperazine rings is 1. The molecule has 4 aromatic rings. The first-order valence-corrected chi connectivity index (χ1v) is 14.7. The van der Waals surface area contributed by atoms with Crippen LogP contribution in [0.2, 0.25) is 5.02 Å². The van der Waals surface area contributed by atoms with Gasteiger partial charge in [-0.15, -0.1) is 0 Å². The lowest BCUT2D eigenvalue weighted by Gasteiger charge is -2.41. The predicted octanol–water partition coefficient (Wildman–Crippen LogP) is 6.24. The number of rotatable bonds is 9. The second-order valence-corrected chi connectivity index (χ2v) is 11.5. The van der Waals surface area contributed by atoms with E-state index in [4.69, 9.17) is 26.7 Å². The summed E-state index contributed by atoms with van der Waals surface area (Å²) in [7, 11) is 0. The standard InChI is InChI=1S/C33H33ClN4O3/c34-25-13-10-23(11-14-25)32-29(8-4-5-9-31(39)40)35-30-18-24(12-17-28(30)36-32)33(41)37-20-26-15-16-27(21-37)38(26)19-22-6-2-1-3-7-22/h1-3,6-7,10-14,17-18,26-27H,4-5,8-9,15-16,19-21H2,(H,39,40)/t26-,27+. The van der Waals surface area contributed by atoms with Gasteiger partial charge in [0.1, 0.15) is 0 Å². The van der Waals surface area contributed by atoms with E-state index in [2.05, 4.69) is 29.2 Å². The summed E-state index contributed by atoms with van der Waals surface area (Å²) < 4.78 is 0. The van der Waals surface area contributed by atoms with Gasteiger partial charge in [-0.3, -0.25) is 14.5 Å². The molecular weight excluding hydrogens is 536 g/mol. The van der Waals surface area contributed by atoms with Crippen molar-refractivity contribution >= 4 is 34.5 Å². The Bertz CT molecular complexity index is 1550. The zero-order valence-corrected chi connectivity index (χ0v) is 23.6. The number of hydrogen-bond acceptors (Lipinski definition) is 5. The van der Waals surface area contributed by atoms with Crippen LogP contribution in [0, 0.1) is 0 Å². The highest BCUT2D eigenvalue weighted by atomic mass is 35.5. The number of hydrogen-bond donors (Lipinski definition) is 1. The Morgan fingerprint density at radius 2 is 1.61 bits per heavy atom. The second kappa shape index (κ2) is 12.0. The van der Waals surface area contributed by atoms with Crippen molar-refractivity contribution in [2.75, 3.05) is 13.1 Å². The number of carboxylic acid groups (broad SMARTS) is 1. The van der Waals surface area contributed by atoms with Gasteiger partial charge in [-0.25, -0.2) is 9.97 Å². The van der Waals surface area contributed by atoms with Gasteiger partial charge in [0.15, 0.2) is 0 Å². The molecule has 2 fully saturated rings. The average molecular weight is 569 g/mol. The molecule has 7 nitrogen and oxygen atoms in total. The molecule has 0 aliphatic carbocycles. The monoisotopic (exact) mass is 568 g/mol. The number of carboxylic acids is 1. The lowest BCUT2D eigenvalue weighted by molar-refractivity contribution is -0.137. The fourth-order valence-electron chi connectivity index (χ4n) is 6.20. The third-order valence-corrected chi connectivity index (χ3v) is 8.54. The van der Waals surface area contributed by atoms with Crippen LogP contribution >= 0.6 is 11.6 Å². The molecule has 0 unspecified atom stereocenters. The van der Waals surface area contributed by atoms with Crippen LogP contribution in [-0.2, 0) is 17.8 Å². The van der Waals surface area contributed by atoms with Crippen LogP contribution in [0.15, 0.2) is 72.8 Å². The number of carbonyl (C=O) groups excluding carboxylic acids is 1. The summed E-state index contributed by atoms with van der Waals surface area (Å²) in [5.74, 6) is -0.764. The smallest absolute Gasteiger partial charge is 0.303 e. The van der Waals surface area contributed by atoms with E-state index in [1.807, 2.05) is 53.4 Å². The number of likely N-dealkylation sites (tertiary alicyclic amines) is 1. The summed E-state index contributed by atoms with van der Waals surface area (Å²) in [6.07, 6.45) is 4.19. The summed E-state index contributed by atoms with van der Waals surface area (Å²) in [6, 6.07) is 24.4. The van der Waals surface area contributed by atoms with Gasteiger partial charge in [0.05, 0.1) is 22.4 Å². The fourth-order valence-corrected chi connectivity index (χ4v) is 6.32. The molecule has 0 saturated carbocycles. The molecule has 2 atom stereocenters.